The van der Waals surface area contributed by atoms with Crippen LogP contribution >= 0.6 is 0 Å². The number of cyclic esters (lactones) is 1. The predicted octanol–water partition coefficient (Wildman–Crippen LogP) is 1.12. The lowest BCUT2D eigenvalue weighted by atomic mass is 9.90. The molecule has 22 heavy (non-hydrogen) atoms. The van der Waals surface area contributed by atoms with Crippen LogP contribution in [0.4, 0.5) is 0 Å². The molecule has 2 rings (SSSR count). The Hall–Kier alpha value is -0.660. The fourth-order valence-electron chi connectivity index (χ4n) is 3.31. The molecule has 4 atom stereocenters. The molecule has 2 aliphatic heterocycles. The van der Waals surface area contributed by atoms with Crippen molar-refractivity contribution in [2.75, 3.05) is 13.1 Å². The zero-order chi connectivity index (χ0) is 16.5. The van der Waals surface area contributed by atoms with Crippen molar-refractivity contribution >= 4 is 16.0 Å². The Labute approximate surface area is 133 Å². The van der Waals surface area contributed by atoms with Crippen LogP contribution in [0.2, 0.25) is 0 Å². The normalized spacial score (nSPS) is 34.1. The highest BCUT2D eigenvalue weighted by atomic mass is 32.2. The van der Waals surface area contributed by atoms with Crippen molar-refractivity contribution in [2.24, 2.45) is 5.92 Å². The molecule has 7 heteroatoms. The Morgan fingerprint density at radius 3 is 2.59 bits per heavy atom. The molecule has 0 aliphatic carbocycles. The first kappa shape index (κ1) is 17.7. The second-order valence-corrected chi connectivity index (χ2v) is 9.21. The Kier molecular flexibility index (Phi) is 5.50. The molecule has 1 N–H and O–H groups in total. The van der Waals surface area contributed by atoms with Gasteiger partial charge in [-0.05, 0) is 33.1 Å². The number of rotatable bonds is 5. The van der Waals surface area contributed by atoms with Crippen LogP contribution in [0.3, 0.4) is 0 Å². The zero-order valence-electron chi connectivity index (χ0n) is 13.9. The molecule has 4 unspecified atom stereocenters. The highest BCUT2D eigenvalue weighted by molar-refractivity contribution is 7.89. The molecule has 128 valence electrons. The fourth-order valence-corrected chi connectivity index (χ4v) is 4.67. The molecule has 0 spiro atoms. The van der Waals surface area contributed by atoms with E-state index in [1.54, 1.807) is 18.2 Å². The highest BCUT2D eigenvalue weighted by Crippen LogP contribution is 2.26. The van der Waals surface area contributed by atoms with E-state index >= 15 is 0 Å². The zero-order valence-corrected chi connectivity index (χ0v) is 14.7. The number of hydrogen-bond acceptors (Lipinski definition) is 5. The number of esters is 1. The maximum Gasteiger partial charge on any atom is 0.323 e. The van der Waals surface area contributed by atoms with Crippen LogP contribution in [0.5, 0.6) is 0 Å². The molecule has 0 aromatic heterocycles. The van der Waals surface area contributed by atoms with Crippen molar-refractivity contribution in [3.05, 3.63) is 0 Å². The van der Waals surface area contributed by atoms with Gasteiger partial charge < -0.3 is 10.1 Å². The average Bonchev–Trinajstić information content (AvgIpc) is 2.76. The molecule has 0 radical (unpaired) electrons. The topological polar surface area (TPSA) is 75.7 Å². The number of carbonyl (C=O) groups excluding carboxylic acids is 1. The molecule has 0 bridgehead atoms. The Balaban J connectivity index is 2.00. The summed E-state index contributed by atoms with van der Waals surface area (Å²) in [7, 11) is -3.20. The number of nitrogens with zero attached hydrogens (tertiary/aromatic N) is 1. The maximum atomic E-state index is 12.3. The summed E-state index contributed by atoms with van der Waals surface area (Å²) >= 11 is 0. The largest absolute Gasteiger partial charge is 0.461 e. The summed E-state index contributed by atoms with van der Waals surface area (Å²) in [5.41, 5.74) is 0. The first-order valence-corrected chi connectivity index (χ1v) is 9.71. The highest BCUT2D eigenvalue weighted by Gasteiger charge is 2.39. The Morgan fingerprint density at radius 1 is 1.41 bits per heavy atom. The lowest BCUT2D eigenvalue weighted by Crippen LogP contribution is -2.54. The minimum atomic E-state index is -3.20. The quantitative estimate of drug-likeness (QED) is 0.764. The van der Waals surface area contributed by atoms with Crippen molar-refractivity contribution < 1.29 is 17.9 Å². The second kappa shape index (κ2) is 6.84. The number of carbonyl (C=O) groups is 1. The maximum absolute atomic E-state index is 12.3. The van der Waals surface area contributed by atoms with Crippen LogP contribution in [-0.2, 0) is 19.6 Å². The van der Waals surface area contributed by atoms with Crippen molar-refractivity contribution in [3.8, 4) is 0 Å². The summed E-state index contributed by atoms with van der Waals surface area (Å²) in [5, 5.41) is 3.02. The average molecular weight is 332 g/mol. The van der Waals surface area contributed by atoms with Gasteiger partial charge in [0.25, 0.3) is 0 Å². The number of nitrogens with one attached hydrogen (secondary N) is 1. The first-order valence-electron chi connectivity index (χ1n) is 8.21. The van der Waals surface area contributed by atoms with Gasteiger partial charge in [-0.2, -0.15) is 0 Å². The third kappa shape index (κ3) is 3.63. The van der Waals surface area contributed by atoms with Crippen LogP contribution in [0.15, 0.2) is 0 Å². The minimum Gasteiger partial charge on any atom is -0.461 e. The Bertz CT molecular complexity index is 506. The predicted molar refractivity (Wildman–Crippen MR) is 84.9 cm³/mol. The van der Waals surface area contributed by atoms with E-state index in [1.807, 2.05) is 6.92 Å². The lowest BCUT2D eigenvalue weighted by Gasteiger charge is -2.39. The molecule has 2 fully saturated rings. The summed E-state index contributed by atoms with van der Waals surface area (Å²) < 4.78 is 31.4. The van der Waals surface area contributed by atoms with E-state index in [1.165, 1.54) is 0 Å². The molecule has 2 heterocycles. The van der Waals surface area contributed by atoms with Crippen LogP contribution in [0, 0.1) is 5.92 Å². The molecule has 2 saturated heterocycles. The van der Waals surface area contributed by atoms with Crippen LogP contribution in [0.25, 0.3) is 0 Å². The molecule has 0 aromatic carbocycles. The molecule has 0 saturated carbocycles. The second-order valence-electron chi connectivity index (χ2n) is 6.72. The van der Waals surface area contributed by atoms with Crippen molar-refractivity contribution in [1.82, 2.24) is 9.62 Å². The molecule has 2 aliphatic rings. The van der Waals surface area contributed by atoms with Gasteiger partial charge in [0.2, 0.25) is 10.0 Å². The van der Waals surface area contributed by atoms with Crippen LogP contribution in [-0.4, -0.2) is 55.2 Å². The molecule has 6 nitrogen and oxygen atoms in total. The van der Waals surface area contributed by atoms with Crippen LogP contribution < -0.4 is 5.32 Å². The van der Waals surface area contributed by atoms with E-state index in [2.05, 4.69) is 12.2 Å². The lowest BCUT2D eigenvalue weighted by molar-refractivity contribution is -0.142. The molecular formula is C15H28N2O4S. The van der Waals surface area contributed by atoms with Gasteiger partial charge in [0.1, 0.15) is 12.1 Å². The van der Waals surface area contributed by atoms with Gasteiger partial charge in [-0.15, -0.1) is 0 Å². The van der Waals surface area contributed by atoms with Gasteiger partial charge in [0.15, 0.2) is 0 Å². The summed E-state index contributed by atoms with van der Waals surface area (Å²) in [5.74, 6) is 0.0468. The van der Waals surface area contributed by atoms with Gasteiger partial charge in [-0.25, -0.2) is 12.7 Å². The third-order valence-corrected chi connectivity index (χ3v) is 7.00. The Morgan fingerprint density at radius 2 is 2.09 bits per heavy atom. The fraction of sp³-hybridized carbons (Fsp3) is 0.933. The summed E-state index contributed by atoms with van der Waals surface area (Å²) in [6.07, 6.45) is 2.29. The van der Waals surface area contributed by atoms with Gasteiger partial charge >= 0.3 is 5.97 Å². The van der Waals surface area contributed by atoms with Gasteiger partial charge in [0.05, 0.1) is 5.25 Å². The van der Waals surface area contributed by atoms with E-state index in [0.717, 1.165) is 12.8 Å². The summed E-state index contributed by atoms with van der Waals surface area (Å²) in [6.45, 7) is 8.46. The number of sulfonamides is 1. The van der Waals surface area contributed by atoms with E-state index in [0.29, 0.717) is 19.5 Å². The molecule has 0 amide bonds. The first-order chi connectivity index (χ1) is 10.3. The standard InChI is InChI=1S/C15H28N2O4S/c1-5-12-9-17(22(19,20)10(2)3)7-6-13(12)16-14-8-11(4)21-15(14)18/h10-14,16H,5-9H2,1-4H3. The number of hydrogen-bond donors (Lipinski definition) is 1. The van der Waals surface area contributed by atoms with Crippen LogP contribution in [0.1, 0.15) is 47.0 Å². The van der Waals surface area contributed by atoms with E-state index in [9.17, 15) is 13.2 Å². The summed E-state index contributed by atoms with van der Waals surface area (Å²) in [6, 6.07) is -0.0752. The van der Waals surface area contributed by atoms with Crippen molar-refractivity contribution in [2.45, 2.75) is 70.4 Å². The number of ether oxygens (including phenoxy) is 1. The van der Waals surface area contributed by atoms with Gasteiger partial charge in [0, 0.05) is 25.6 Å². The smallest absolute Gasteiger partial charge is 0.323 e. The van der Waals surface area contributed by atoms with E-state index < -0.39 is 10.0 Å². The van der Waals surface area contributed by atoms with Gasteiger partial charge in [-0.1, -0.05) is 13.3 Å². The van der Waals surface area contributed by atoms with Crippen molar-refractivity contribution in [3.63, 3.8) is 0 Å². The monoisotopic (exact) mass is 332 g/mol. The van der Waals surface area contributed by atoms with Gasteiger partial charge in [-0.3, -0.25) is 4.79 Å². The minimum absolute atomic E-state index is 0.0357. The van der Waals surface area contributed by atoms with Crippen molar-refractivity contribution in [1.29, 1.82) is 0 Å². The third-order valence-electron chi connectivity index (χ3n) is 4.76. The van der Waals surface area contributed by atoms with E-state index in [4.69, 9.17) is 4.74 Å². The number of piperidine rings is 1. The molecule has 0 aromatic rings. The van der Waals surface area contributed by atoms with E-state index in [-0.39, 0.29) is 35.3 Å². The summed E-state index contributed by atoms with van der Waals surface area (Å²) in [4.78, 5) is 11.8. The SMILES string of the molecule is CCC1CN(S(=O)(=O)C(C)C)CCC1NC1CC(C)OC1=O. The molecular weight excluding hydrogens is 304 g/mol.